The van der Waals surface area contributed by atoms with Gasteiger partial charge in [0.25, 0.3) is 0 Å². The van der Waals surface area contributed by atoms with Crippen molar-refractivity contribution in [1.29, 1.82) is 0 Å². The zero-order chi connectivity index (χ0) is 16.8. The molecule has 23 heavy (non-hydrogen) atoms. The molecular formula is C17H31N3O3. The first kappa shape index (κ1) is 18.0. The summed E-state index contributed by atoms with van der Waals surface area (Å²) in [6.45, 7) is 4.89. The van der Waals surface area contributed by atoms with E-state index in [1.807, 2.05) is 11.8 Å². The lowest BCUT2D eigenvalue weighted by molar-refractivity contribution is -0.139. The Labute approximate surface area is 139 Å². The van der Waals surface area contributed by atoms with Crippen LogP contribution in [0.1, 0.15) is 58.8 Å². The van der Waals surface area contributed by atoms with Crippen molar-refractivity contribution < 1.29 is 14.7 Å². The quantitative estimate of drug-likeness (QED) is 0.670. The second-order valence-corrected chi connectivity index (χ2v) is 7.08. The van der Waals surface area contributed by atoms with Gasteiger partial charge in [0, 0.05) is 18.1 Å². The van der Waals surface area contributed by atoms with Gasteiger partial charge in [-0.3, -0.25) is 9.69 Å². The topological polar surface area (TPSA) is 81.7 Å². The van der Waals surface area contributed by atoms with E-state index in [0.717, 1.165) is 19.4 Å². The molecule has 0 aromatic rings. The van der Waals surface area contributed by atoms with Crippen LogP contribution in [0.4, 0.5) is 4.79 Å². The van der Waals surface area contributed by atoms with E-state index < -0.39 is 5.97 Å². The predicted molar refractivity (Wildman–Crippen MR) is 89.4 cm³/mol. The van der Waals surface area contributed by atoms with E-state index in [9.17, 15) is 9.59 Å². The Morgan fingerprint density at radius 1 is 1.22 bits per heavy atom. The standard InChI is InChI=1S/C17H31N3O3/c1-3-20(11-16(21)22)15-9-14(10-15)19-17(23)18-12(2)13-7-5-4-6-8-13/h12-15H,3-11H2,1-2H3,(H,21,22)(H2,18,19,23). The van der Waals surface area contributed by atoms with E-state index in [1.165, 1.54) is 32.1 Å². The third kappa shape index (κ3) is 5.37. The molecule has 2 aliphatic carbocycles. The molecule has 2 rings (SSSR count). The van der Waals surface area contributed by atoms with Crippen LogP contribution in [0.5, 0.6) is 0 Å². The minimum atomic E-state index is -0.790. The highest BCUT2D eigenvalue weighted by Crippen LogP contribution is 2.27. The lowest BCUT2D eigenvalue weighted by Crippen LogP contribution is -2.57. The van der Waals surface area contributed by atoms with E-state index in [0.29, 0.717) is 5.92 Å². The second kappa shape index (κ2) is 8.52. The zero-order valence-corrected chi connectivity index (χ0v) is 14.4. The van der Waals surface area contributed by atoms with Crippen LogP contribution in [0.15, 0.2) is 0 Å². The summed E-state index contributed by atoms with van der Waals surface area (Å²) in [5.41, 5.74) is 0. The van der Waals surface area contributed by atoms with Gasteiger partial charge in [-0.15, -0.1) is 0 Å². The summed E-state index contributed by atoms with van der Waals surface area (Å²) in [7, 11) is 0. The van der Waals surface area contributed by atoms with Crippen molar-refractivity contribution in [1.82, 2.24) is 15.5 Å². The summed E-state index contributed by atoms with van der Waals surface area (Å²) in [6, 6.07) is 0.594. The molecule has 0 aromatic heterocycles. The van der Waals surface area contributed by atoms with Crippen molar-refractivity contribution in [3.63, 3.8) is 0 Å². The smallest absolute Gasteiger partial charge is 0.317 e. The molecule has 0 aromatic carbocycles. The number of likely N-dealkylation sites (N-methyl/N-ethyl adjacent to an activating group) is 1. The fraction of sp³-hybridized carbons (Fsp3) is 0.882. The van der Waals surface area contributed by atoms with Gasteiger partial charge in [0.2, 0.25) is 0 Å². The van der Waals surface area contributed by atoms with Crippen LogP contribution >= 0.6 is 0 Å². The molecule has 0 saturated heterocycles. The van der Waals surface area contributed by atoms with Crippen molar-refractivity contribution in [3.05, 3.63) is 0 Å². The van der Waals surface area contributed by atoms with Crippen molar-refractivity contribution in [2.75, 3.05) is 13.1 Å². The normalized spacial score (nSPS) is 26.4. The highest BCUT2D eigenvalue weighted by molar-refractivity contribution is 5.74. The van der Waals surface area contributed by atoms with Gasteiger partial charge in [-0.1, -0.05) is 26.2 Å². The molecule has 0 radical (unpaired) electrons. The largest absolute Gasteiger partial charge is 0.480 e. The van der Waals surface area contributed by atoms with Crippen LogP contribution in [0.3, 0.4) is 0 Å². The number of nitrogens with zero attached hydrogens (tertiary/aromatic N) is 1. The average molecular weight is 325 g/mol. The number of carbonyl (C=O) groups is 2. The summed E-state index contributed by atoms with van der Waals surface area (Å²) in [4.78, 5) is 24.9. The highest BCUT2D eigenvalue weighted by Gasteiger charge is 2.35. The molecule has 3 N–H and O–H groups in total. The predicted octanol–water partition coefficient (Wildman–Crippen LogP) is 2.19. The van der Waals surface area contributed by atoms with Gasteiger partial charge in [0.05, 0.1) is 6.54 Å². The molecule has 6 nitrogen and oxygen atoms in total. The summed E-state index contributed by atoms with van der Waals surface area (Å²) >= 11 is 0. The first-order valence-corrected chi connectivity index (χ1v) is 9.02. The number of hydrogen-bond donors (Lipinski definition) is 3. The molecule has 0 spiro atoms. The van der Waals surface area contributed by atoms with Gasteiger partial charge < -0.3 is 15.7 Å². The van der Waals surface area contributed by atoms with E-state index >= 15 is 0 Å². The Morgan fingerprint density at radius 3 is 2.43 bits per heavy atom. The fourth-order valence-electron chi connectivity index (χ4n) is 3.86. The molecule has 2 saturated carbocycles. The maximum atomic E-state index is 12.1. The molecule has 0 heterocycles. The van der Waals surface area contributed by atoms with E-state index in [1.54, 1.807) is 0 Å². The van der Waals surface area contributed by atoms with E-state index in [4.69, 9.17) is 5.11 Å². The van der Waals surface area contributed by atoms with Crippen LogP contribution in [0, 0.1) is 5.92 Å². The molecule has 2 amide bonds. The molecule has 1 atom stereocenters. The van der Waals surface area contributed by atoms with E-state index in [-0.39, 0.29) is 30.7 Å². The van der Waals surface area contributed by atoms with Crippen LogP contribution in [0.2, 0.25) is 0 Å². The summed E-state index contributed by atoms with van der Waals surface area (Å²) in [6.07, 6.45) is 7.99. The first-order chi connectivity index (χ1) is 11.0. The number of nitrogens with one attached hydrogen (secondary N) is 2. The van der Waals surface area contributed by atoms with E-state index in [2.05, 4.69) is 17.6 Å². The van der Waals surface area contributed by atoms with Gasteiger partial charge in [-0.2, -0.15) is 0 Å². The number of urea groups is 1. The Balaban J connectivity index is 1.66. The average Bonchev–Trinajstić information content (AvgIpc) is 2.49. The summed E-state index contributed by atoms with van der Waals surface area (Å²) in [5.74, 6) is -0.183. The van der Waals surface area contributed by atoms with Gasteiger partial charge in [-0.05, 0) is 45.1 Å². The molecule has 2 fully saturated rings. The van der Waals surface area contributed by atoms with Gasteiger partial charge >= 0.3 is 12.0 Å². The van der Waals surface area contributed by atoms with Crippen molar-refractivity contribution in [2.24, 2.45) is 5.92 Å². The molecule has 0 aliphatic heterocycles. The van der Waals surface area contributed by atoms with Crippen LogP contribution < -0.4 is 10.6 Å². The monoisotopic (exact) mass is 325 g/mol. The number of carbonyl (C=O) groups excluding carboxylic acids is 1. The third-order valence-corrected chi connectivity index (χ3v) is 5.43. The zero-order valence-electron chi connectivity index (χ0n) is 14.4. The number of amides is 2. The molecule has 1 unspecified atom stereocenters. The van der Waals surface area contributed by atoms with Gasteiger partial charge in [0.15, 0.2) is 0 Å². The minimum absolute atomic E-state index is 0.0761. The molecular weight excluding hydrogens is 294 g/mol. The Kier molecular flexibility index (Phi) is 6.69. The number of hydrogen-bond acceptors (Lipinski definition) is 3. The van der Waals surface area contributed by atoms with Crippen molar-refractivity contribution in [2.45, 2.75) is 76.9 Å². The number of carboxylic acid groups (broad SMARTS) is 1. The van der Waals surface area contributed by atoms with Crippen LogP contribution in [0.25, 0.3) is 0 Å². The van der Waals surface area contributed by atoms with Crippen molar-refractivity contribution >= 4 is 12.0 Å². The first-order valence-electron chi connectivity index (χ1n) is 9.02. The fourth-order valence-corrected chi connectivity index (χ4v) is 3.86. The number of carboxylic acids is 1. The maximum Gasteiger partial charge on any atom is 0.317 e. The minimum Gasteiger partial charge on any atom is -0.480 e. The summed E-state index contributed by atoms with van der Waals surface area (Å²) < 4.78 is 0. The molecule has 2 aliphatic rings. The lowest BCUT2D eigenvalue weighted by Gasteiger charge is -2.42. The Hall–Kier alpha value is -1.30. The number of rotatable bonds is 7. The van der Waals surface area contributed by atoms with Crippen molar-refractivity contribution in [3.8, 4) is 0 Å². The second-order valence-electron chi connectivity index (χ2n) is 7.08. The van der Waals surface area contributed by atoms with Gasteiger partial charge in [-0.25, -0.2) is 4.79 Å². The lowest BCUT2D eigenvalue weighted by atomic mass is 9.84. The van der Waals surface area contributed by atoms with Gasteiger partial charge in [0.1, 0.15) is 0 Å². The molecule has 132 valence electrons. The molecule has 6 heteroatoms. The van der Waals surface area contributed by atoms with Crippen LogP contribution in [-0.2, 0) is 4.79 Å². The Morgan fingerprint density at radius 2 is 1.87 bits per heavy atom. The maximum absolute atomic E-state index is 12.1. The van der Waals surface area contributed by atoms with Crippen LogP contribution in [-0.4, -0.2) is 53.2 Å². The SMILES string of the molecule is CCN(CC(=O)O)C1CC(NC(=O)NC(C)C2CCCCC2)C1. The highest BCUT2D eigenvalue weighted by atomic mass is 16.4. The number of aliphatic carboxylic acids is 1. The Bertz CT molecular complexity index is 404. The third-order valence-electron chi connectivity index (χ3n) is 5.43. The molecule has 0 bridgehead atoms. The summed E-state index contributed by atoms with van der Waals surface area (Å²) in [5, 5.41) is 15.0.